The van der Waals surface area contributed by atoms with E-state index in [2.05, 4.69) is 51.5 Å². The summed E-state index contributed by atoms with van der Waals surface area (Å²) in [5.41, 5.74) is 3.62. The maximum absolute atomic E-state index is 13.6. The molecular formula is C29H32N6O2. The molecule has 0 unspecified atom stereocenters. The van der Waals surface area contributed by atoms with Crippen molar-refractivity contribution < 1.29 is 9.59 Å². The topological polar surface area (TPSA) is 94.2 Å². The molecule has 1 aliphatic rings. The molecule has 0 radical (unpaired) electrons. The Morgan fingerprint density at radius 3 is 2.59 bits per heavy atom. The summed E-state index contributed by atoms with van der Waals surface area (Å²) in [6.07, 6.45) is 5.20. The number of carbonyl (C=O) groups excluding carboxylic acids is 2. The van der Waals surface area contributed by atoms with Crippen molar-refractivity contribution in [1.29, 1.82) is 0 Å². The van der Waals surface area contributed by atoms with Crippen molar-refractivity contribution in [3.8, 4) is 0 Å². The number of rotatable bonds is 7. The van der Waals surface area contributed by atoms with E-state index in [0.717, 1.165) is 48.5 Å². The Balaban J connectivity index is 1.38. The van der Waals surface area contributed by atoms with Gasteiger partial charge in [-0.05, 0) is 48.1 Å². The number of benzene rings is 2. The van der Waals surface area contributed by atoms with E-state index in [9.17, 15) is 9.59 Å². The van der Waals surface area contributed by atoms with Crippen molar-refractivity contribution in [1.82, 2.24) is 25.2 Å². The number of fused-ring (bicyclic) bond motifs is 1. The Labute approximate surface area is 216 Å². The quantitative estimate of drug-likeness (QED) is 0.395. The minimum Gasteiger partial charge on any atom is -0.355 e. The number of likely N-dealkylation sites (tertiary alicyclic amines) is 1. The molecule has 0 atom stereocenters. The molecule has 0 bridgehead atoms. The zero-order valence-corrected chi connectivity index (χ0v) is 21.3. The summed E-state index contributed by atoms with van der Waals surface area (Å²) >= 11 is 0. The molecule has 1 fully saturated rings. The standard InChI is InChI=1S/C29H32N6O2/c1-21(36)30-15-18-35(27-25-11-14-31-26(25)32-20-33-27)24-10-6-7-22(19-24)28(37)34-16-12-29(2,13-17-34)23-8-4-3-5-9-23/h3-11,14,19-20H,12-13,15-18H2,1-2H3,(H,30,36)(H,31,32,33). The van der Waals surface area contributed by atoms with E-state index in [4.69, 9.17) is 0 Å². The average molecular weight is 497 g/mol. The molecule has 5 rings (SSSR count). The van der Waals surface area contributed by atoms with Crippen LogP contribution in [0.25, 0.3) is 11.0 Å². The molecule has 0 saturated carbocycles. The van der Waals surface area contributed by atoms with Crippen molar-refractivity contribution in [2.45, 2.75) is 32.1 Å². The molecule has 4 aromatic rings. The van der Waals surface area contributed by atoms with Gasteiger partial charge in [0, 0.05) is 50.6 Å². The maximum Gasteiger partial charge on any atom is 0.253 e. The number of hydrogen-bond donors (Lipinski definition) is 2. The lowest BCUT2D eigenvalue weighted by Gasteiger charge is -2.40. The molecule has 1 saturated heterocycles. The van der Waals surface area contributed by atoms with Gasteiger partial charge in [0.25, 0.3) is 5.91 Å². The number of piperidine rings is 1. The van der Waals surface area contributed by atoms with Crippen LogP contribution in [0.15, 0.2) is 73.2 Å². The van der Waals surface area contributed by atoms with Gasteiger partial charge in [-0.15, -0.1) is 0 Å². The first-order valence-corrected chi connectivity index (χ1v) is 12.7. The zero-order chi connectivity index (χ0) is 25.8. The van der Waals surface area contributed by atoms with Gasteiger partial charge in [-0.1, -0.05) is 43.3 Å². The molecule has 1 aliphatic heterocycles. The van der Waals surface area contributed by atoms with Gasteiger partial charge >= 0.3 is 0 Å². The summed E-state index contributed by atoms with van der Waals surface area (Å²) in [5.74, 6) is 0.664. The van der Waals surface area contributed by atoms with Gasteiger partial charge in [-0.3, -0.25) is 9.59 Å². The third-order valence-corrected chi connectivity index (χ3v) is 7.33. The van der Waals surface area contributed by atoms with E-state index in [1.54, 1.807) is 0 Å². The van der Waals surface area contributed by atoms with Crippen LogP contribution in [-0.4, -0.2) is 57.8 Å². The maximum atomic E-state index is 13.6. The van der Waals surface area contributed by atoms with Crippen molar-refractivity contribution >= 4 is 34.4 Å². The second kappa shape index (κ2) is 10.4. The number of nitrogens with one attached hydrogen (secondary N) is 2. The van der Waals surface area contributed by atoms with E-state index in [1.807, 2.05) is 52.4 Å². The Bertz CT molecular complexity index is 1390. The molecule has 2 aromatic carbocycles. The normalized spacial score (nSPS) is 14.9. The largest absolute Gasteiger partial charge is 0.355 e. The van der Waals surface area contributed by atoms with Crippen molar-refractivity contribution in [2.24, 2.45) is 0 Å². The second-order valence-corrected chi connectivity index (χ2v) is 9.84. The van der Waals surface area contributed by atoms with Crippen LogP contribution in [0.3, 0.4) is 0 Å². The van der Waals surface area contributed by atoms with Gasteiger partial charge in [0.05, 0.1) is 5.39 Å². The van der Waals surface area contributed by atoms with Crippen LogP contribution in [0.1, 0.15) is 42.6 Å². The number of H-pyrrole nitrogens is 1. The number of hydrogen-bond acceptors (Lipinski definition) is 5. The highest BCUT2D eigenvalue weighted by Crippen LogP contribution is 2.36. The summed E-state index contributed by atoms with van der Waals surface area (Å²) < 4.78 is 0. The van der Waals surface area contributed by atoms with E-state index in [0.29, 0.717) is 18.7 Å². The monoisotopic (exact) mass is 496 g/mol. The van der Waals surface area contributed by atoms with Crippen LogP contribution in [0.5, 0.6) is 0 Å². The van der Waals surface area contributed by atoms with Crippen molar-refractivity contribution in [2.75, 3.05) is 31.1 Å². The zero-order valence-electron chi connectivity index (χ0n) is 21.3. The molecule has 8 heteroatoms. The van der Waals surface area contributed by atoms with Crippen molar-refractivity contribution in [3.05, 3.63) is 84.3 Å². The van der Waals surface area contributed by atoms with Gasteiger partial charge < -0.3 is 20.1 Å². The van der Waals surface area contributed by atoms with E-state index >= 15 is 0 Å². The Kier molecular flexibility index (Phi) is 6.90. The molecule has 37 heavy (non-hydrogen) atoms. The summed E-state index contributed by atoms with van der Waals surface area (Å²) in [4.78, 5) is 41.0. The molecule has 2 amide bonds. The second-order valence-electron chi connectivity index (χ2n) is 9.84. The predicted molar refractivity (Wildman–Crippen MR) is 145 cm³/mol. The first kappa shape index (κ1) is 24.5. The fourth-order valence-electron chi connectivity index (χ4n) is 5.10. The summed E-state index contributed by atoms with van der Waals surface area (Å²) in [7, 11) is 0. The summed E-state index contributed by atoms with van der Waals surface area (Å²) in [6.45, 7) is 6.16. The molecule has 2 aromatic heterocycles. The average Bonchev–Trinajstić information content (AvgIpc) is 3.41. The lowest BCUT2D eigenvalue weighted by Crippen LogP contribution is -2.44. The van der Waals surface area contributed by atoms with Gasteiger partial charge in [0.2, 0.25) is 5.91 Å². The van der Waals surface area contributed by atoms with Crippen LogP contribution >= 0.6 is 0 Å². The number of aromatic nitrogens is 3. The number of amides is 2. The Morgan fingerprint density at radius 2 is 1.84 bits per heavy atom. The fraction of sp³-hybridized carbons (Fsp3) is 0.310. The fourth-order valence-corrected chi connectivity index (χ4v) is 5.10. The minimum absolute atomic E-state index is 0.0354. The van der Waals surface area contributed by atoms with Gasteiger partial charge in [-0.2, -0.15) is 0 Å². The van der Waals surface area contributed by atoms with Crippen LogP contribution in [0.4, 0.5) is 11.5 Å². The Hall–Kier alpha value is -4.20. The van der Waals surface area contributed by atoms with Crippen LogP contribution in [0.2, 0.25) is 0 Å². The minimum atomic E-state index is -0.0917. The van der Waals surface area contributed by atoms with E-state index < -0.39 is 0 Å². The van der Waals surface area contributed by atoms with Crippen LogP contribution in [0, 0.1) is 0 Å². The third kappa shape index (κ3) is 5.18. The lowest BCUT2D eigenvalue weighted by atomic mass is 9.74. The Morgan fingerprint density at radius 1 is 1.05 bits per heavy atom. The number of anilines is 2. The lowest BCUT2D eigenvalue weighted by molar-refractivity contribution is -0.118. The number of nitrogens with zero attached hydrogens (tertiary/aromatic N) is 4. The van der Waals surface area contributed by atoms with E-state index in [-0.39, 0.29) is 17.2 Å². The number of aromatic amines is 1. The first-order valence-electron chi connectivity index (χ1n) is 12.7. The van der Waals surface area contributed by atoms with Crippen LogP contribution < -0.4 is 10.2 Å². The molecule has 3 heterocycles. The van der Waals surface area contributed by atoms with Crippen molar-refractivity contribution in [3.63, 3.8) is 0 Å². The summed E-state index contributed by atoms with van der Waals surface area (Å²) in [5, 5.41) is 3.73. The molecule has 190 valence electrons. The smallest absolute Gasteiger partial charge is 0.253 e. The van der Waals surface area contributed by atoms with Gasteiger partial charge in [0.1, 0.15) is 17.8 Å². The predicted octanol–water partition coefficient (Wildman–Crippen LogP) is 4.43. The van der Waals surface area contributed by atoms with E-state index in [1.165, 1.54) is 18.8 Å². The highest BCUT2D eigenvalue weighted by atomic mass is 16.2. The molecule has 8 nitrogen and oxygen atoms in total. The molecule has 2 N–H and O–H groups in total. The third-order valence-electron chi connectivity index (χ3n) is 7.33. The molecular weight excluding hydrogens is 464 g/mol. The van der Waals surface area contributed by atoms with Gasteiger partial charge in [-0.25, -0.2) is 9.97 Å². The highest BCUT2D eigenvalue weighted by molar-refractivity contribution is 5.96. The summed E-state index contributed by atoms with van der Waals surface area (Å²) in [6, 6.07) is 20.2. The van der Waals surface area contributed by atoms with Gasteiger partial charge in [0.15, 0.2) is 0 Å². The molecule has 0 spiro atoms. The molecule has 0 aliphatic carbocycles. The highest BCUT2D eigenvalue weighted by Gasteiger charge is 2.33. The number of carbonyl (C=O) groups is 2. The SMILES string of the molecule is CC(=O)NCCN(c1cccc(C(=O)N2CCC(C)(c3ccccc3)CC2)c1)c1ncnc2[nH]ccc12. The first-order chi connectivity index (χ1) is 17.9. The van der Waals surface area contributed by atoms with Crippen LogP contribution in [-0.2, 0) is 10.2 Å².